The minimum atomic E-state index is 0.0288. The Morgan fingerprint density at radius 3 is 2.95 bits per heavy atom. The lowest BCUT2D eigenvalue weighted by molar-refractivity contribution is 0.862. The van der Waals surface area contributed by atoms with Crippen LogP contribution in [0.4, 0.5) is 10.8 Å². The van der Waals surface area contributed by atoms with Gasteiger partial charge in [0.1, 0.15) is 0 Å². The van der Waals surface area contributed by atoms with Crippen molar-refractivity contribution in [3.05, 3.63) is 29.8 Å². The Hall–Kier alpha value is -1.58. The number of anilines is 2. The number of nitriles is 1. The van der Waals surface area contributed by atoms with Crippen molar-refractivity contribution in [2.24, 2.45) is 5.92 Å². The van der Waals surface area contributed by atoms with Crippen molar-refractivity contribution >= 4 is 33.9 Å². The molecule has 0 fully saturated rings. The second-order valence-electron chi connectivity index (χ2n) is 4.35. The largest absolute Gasteiger partial charge is 0.330 e. The number of hydrogen-bond donors (Lipinski definition) is 1. The van der Waals surface area contributed by atoms with Crippen LogP contribution >= 0.6 is 23.1 Å². The van der Waals surface area contributed by atoms with Crippen LogP contribution in [0.15, 0.2) is 28.6 Å². The van der Waals surface area contributed by atoms with E-state index < -0.39 is 0 Å². The van der Waals surface area contributed by atoms with Gasteiger partial charge in [0.2, 0.25) is 5.13 Å². The van der Waals surface area contributed by atoms with Crippen LogP contribution in [-0.4, -0.2) is 16.0 Å². The van der Waals surface area contributed by atoms with Gasteiger partial charge < -0.3 is 5.32 Å². The molecule has 104 valence electrons. The predicted molar refractivity (Wildman–Crippen MR) is 84.5 cm³/mol. The van der Waals surface area contributed by atoms with Crippen LogP contribution in [0, 0.1) is 17.2 Å². The fourth-order valence-electron chi connectivity index (χ4n) is 1.62. The van der Waals surface area contributed by atoms with E-state index in [4.69, 9.17) is 5.26 Å². The lowest BCUT2D eigenvalue weighted by Gasteiger charge is -2.07. The molecule has 6 heteroatoms. The molecule has 2 aromatic rings. The summed E-state index contributed by atoms with van der Waals surface area (Å²) in [4.78, 5) is 0. The van der Waals surface area contributed by atoms with Crippen molar-refractivity contribution in [2.45, 2.75) is 24.6 Å². The molecule has 0 saturated carbocycles. The second kappa shape index (κ2) is 7.27. The number of rotatable bonds is 6. The summed E-state index contributed by atoms with van der Waals surface area (Å²) in [5.41, 5.74) is 2.34. The van der Waals surface area contributed by atoms with E-state index in [9.17, 15) is 0 Å². The molecule has 1 heterocycles. The molecule has 0 aliphatic carbocycles. The van der Waals surface area contributed by atoms with Gasteiger partial charge in [0.15, 0.2) is 4.34 Å². The molecule has 0 radical (unpaired) electrons. The number of nitrogens with one attached hydrogen (secondary N) is 1. The summed E-state index contributed by atoms with van der Waals surface area (Å²) in [5.74, 6) is 0.776. The standard InChI is InChI=1S/C14H16N4S2/c1-3-11-6-4-5-7-12(11)16-13-17-18-14(20-13)19-9-10(2)8-15/h4-7,10H,3,9H2,1-2H3,(H,16,17)/t10-/m1/s1. The van der Waals surface area contributed by atoms with Crippen LogP contribution in [-0.2, 0) is 6.42 Å². The van der Waals surface area contributed by atoms with Gasteiger partial charge in [-0.15, -0.1) is 10.2 Å². The van der Waals surface area contributed by atoms with Gasteiger partial charge in [0.25, 0.3) is 0 Å². The summed E-state index contributed by atoms with van der Waals surface area (Å²) in [6, 6.07) is 10.4. The maximum atomic E-state index is 8.76. The topological polar surface area (TPSA) is 61.6 Å². The SMILES string of the molecule is CCc1ccccc1Nc1nnc(SC[C@H](C)C#N)s1. The van der Waals surface area contributed by atoms with Crippen molar-refractivity contribution in [3.63, 3.8) is 0 Å². The molecule has 0 aliphatic heterocycles. The van der Waals surface area contributed by atoms with E-state index in [-0.39, 0.29) is 5.92 Å². The van der Waals surface area contributed by atoms with E-state index in [1.54, 1.807) is 11.8 Å². The highest BCUT2D eigenvalue weighted by molar-refractivity contribution is 8.01. The third kappa shape index (κ3) is 3.95. The second-order valence-corrected chi connectivity index (χ2v) is 6.59. The molecule has 1 aromatic carbocycles. The molecular formula is C14H16N4S2. The molecule has 0 aliphatic rings. The maximum absolute atomic E-state index is 8.76. The Morgan fingerprint density at radius 2 is 2.20 bits per heavy atom. The first kappa shape index (κ1) is 14.8. The van der Waals surface area contributed by atoms with Crippen LogP contribution < -0.4 is 5.32 Å². The average molecular weight is 304 g/mol. The molecule has 0 spiro atoms. The molecule has 1 N–H and O–H groups in total. The van der Waals surface area contributed by atoms with Crippen LogP contribution in [0.1, 0.15) is 19.4 Å². The molecule has 20 heavy (non-hydrogen) atoms. The summed E-state index contributed by atoms with van der Waals surface area (Å²) in [5, 5.41) is 21.1. The monoisotopic (exact) mass is 304 g/mol. The normalized spacial score (nSPS) is 11.8. The molecule has 1 aromatic heterocycles. The van der Waals surface area contributed by atoms with Crippen molar-refractivity contribution in [1.82, 2.24) is 10.2 Å². The van der Waals surface area contributed by atoms with Gasteiger partial charge in [-0.3, -0.25) is 0 Å². The van der Waals surface area contributed by atoms with Gasteiger partial charge >= 0.3 is 0 Å². The van der Waals surface area contributed by atoms with E-state index in [1.165, 1.54) is 16.9 Å². The third-order valence-corrected chi connectivity index (χ3v) is 4.96. The molecule has 0 amide bonds. The molecular weight excluding hydrogens is 288 g/mol. The highest BCUT2D eigenvalue weighted by Gasteiger charge is 2.08. The zero-order valence-electron chi connectivity index (χ0n) is 11.5. The number of thioether (sulfide) groups is 1. The highest BCUT2D eigenvalue weighted by atomic mass is 32.2. The minimum absolute atomic E-state index is 0.0288. The number of aryl methyl sites for hydroxylation is 1. The highest BCUT2D eigenvalue weighted by Crippen LogP contribution is 2.29. The smallest absolute Gasteiger partial charge is 0.210 e. The lowest BCUT2D eigenvalue weighted by Crippen LogP contribution is -1.94. The third-order valence-electron chi connectivity index (χ3n) is 2.72. The van der Waals surface area contributed by atoms with Gasteiger partial charge in [-0.2, -0.15) is 5.26 Å². The van der Waals surface area contributed by atoms with Crippen LogP contribution in [0.3, 0.4) is 0 Å². The van der Waals surface area contributed by atoms with Crippen molar-refractivity contribution in [2.75, 3.05) is 11.1 Å². The number of aromatic nitrogens is 2. The van der Waals surface area contributed by atoms with E-state index in [1.807, 2.05) is 25.1 Å². The summed E-state index contributed by atoms with van der Waals surface area (Å²) in [6.45, 7) is 4.04. The molecule has 1 atom stereocenters. The van der Waals surface area contributed by atoms with E-state index >= 15 is 0 Å². The summed E-state index contributed by atoms with van der Waals surface area (Å²) < 4.78 is 0.892. The lowest BCUT2D eigenvalue weighted by atomic mass is 10.1. The average Bonchev–Trinajstić information content (AvgIpc) is 2.93. The van der Waals surface area contributed by atoms with Gasteiger partial charge in [0.05, 0.1) is 12.0 Å². The Bertz CT molecular complexity index is 603. The molecule has 0 bridgehead atoms. The first-order valence-corrected chi connectivity index (χ1v) is 8.24. The van der Waals surface area contributed by atoms with E-state index in [0.717, 1.165) is 27.3 Å². The zero-order valence-corrected chi connectivity index (χ0v) is 13.1. The van der Waals surface area contributed by atoms with Gasteiger partial charge in [-0.1, -0.05) is 48.2 Å². The summed E-state index contributed by atoms with van der Waals surface area (Å²) >= 11 is 3.10. The van der Waals surface area contributed by atoms with Gasteiger partial charge in [-0.25, -0.2) is 0 Å². The van der Waals surface area contributed by atoms with Crippen LogP contribution in [0.5, 0.6) is 0 Å². The quantitative estimate of drug-likeness (QED) is 0.814. The number of hydrogen-bond acceptors (Lipinski definition) is 6. The molecule has 4 nitrogen and oxygen atoms in total. The Kier molecular flexibility index (Phi) is 5.39. The van der Waals surface area contributed by atoms with Crippen molar-refractivity contribution < 1.29 is 0 Å². The van der Waals surface area contributed by atoms with Gasteiger partial charge in [-0.05, 0) is 25.0 Å². The molecule has 2 rings (SSSR count). The fraction of sp³-hybridized carbons (Fsp3) is 0.357. The Labute approximate surface area is 127 Å². The Morgan fingerprint density at radius 1 is 1.40 bits per heavy atom. The van der Waals surface area contributed by atoms with E-state index in [2.05, 4.69) is 34.6 Å². The number of para-hydroxylation sites is 1. The van der Waals surface area contributed by atoms with E-state index in [0.29, 0.717) is 0 Å². The summed E-state index contributed by atoms with van der Waals surface area (Å²) in [6.07, 6.45) is 0.975. The number of benzene rings is 1. The first-order valence-electron chi connectivity index (χ1n) is 6.43. The van der Waals surface area contributed by atoms with Gasteiger partial charge in [0, 0.05) is 11.4 Å². The predicted octanol–water partition coefficient (Wildman–Crippen LogP) is 4.10. The molecule has 0 unspecified atom stereocenters. The minimum Gasteiger partial charge on any atom is -0.330 e. The van der Waals surface area contributed by atoms with Crippen LogP contribution in [0.2, 0.25) is 0 Å². The van der Waals surface area contributed by atoms with Crippen molar-refractivity contribution in [1.29, 1.82) is 5.26 Å². The fourth-order valence-corrected chi connectivity index (χ4v) is 3.35. The van der Waals surface area contributed by atoms with Crippen LogP contribution in [0.25, 0.3) is 0 Å². The number of nitrogens with zero attached hydrogens (tertiary/aromatic N) is 3. The molecule has 0 saturated heterocycles. The maximum Gasteiger partial charge on any atom is 0.210 e. The summed E-state index contributed by atoms with van der Waals surface area (Å²) in [7, 11) is 0. The Balaban J connectivity index is 2.01. The first-order chi connectivity index (χ1) is 9.72. The van der Waals surface area contributed by atoms with Crippen molar-refractivity contribution in [3.8, 4) is 6.07 Å². The zero-order chi connectivity index (χ0) is 14.4.